The van der Waals surface area contributed by atoms with Gasteiger partial charge in [0.2, 0.25) is 94.5 Å². The highest BCUT2D eigenvalue weighted by molar-refractivity contribution is 7.98. The molecule has 0 saturated heterocycles. The number of rotatable bonds is 65. The number of aliphatic hydroxyl groups excluding tert-OH is 2. The molecule has 0 aliphatic heterocycles. The van der Waals surface area contributed by atoms with Crippen LogP contribution >= 0.6 is 11.8 Å². The summed E-state index contributed by atoms with van der Waals surface area (Å²) in [6.45, 7) is 9.11. The summed E-state index contributed by atoms with van der Waals surface area (Å²) in [7, 11) is 0. The third-order valence-corrected chi connectivity index (χ3v) is 20.5. The third-order valence-electron chi connectivity index (χ3n) is 19.9. The minimum absolute atomic E-state index is 0.00154. The van der Waals surface area contributed by atoms with Gasteiger partial charge in [0.15, 0.2) is 11.9 Å². The lowest BCUT2D eigenvalue weighted by molar-refractivity contribution is -0.142. The smallest absolute Gasteiger partial charge is 0.326 e. The van der Waals surface area contributed by atoms with Gasteiger partial charge in [-0.1, -0.05) is 102 Å². The Morgan fingerprint density at radius 3 is 0.977 bits per heavy atom. The van der Waals surface area contributed by atoms with Crippen molar-refractivity contribution in [1.29, 1.82) is 10.8 Å². The van der Waals surface area contributed by atoms with Crippen LogP contribution in [0.3, 0.4) is 0 Å². The van der Waals surface area contributed by atoms with E-state index >= 15 is 0 Å². The highest BCUT2D eigenvalue weighted by atomic mass is 32.2. The summed E-state index contributed by atoms with van der Waals surface area (Å²) in [5.41, 5.74) is 35.0. The van der Waals surface area contributed by atoms with E-state index in [0.29, 0.717) is 24.2 Å². The van der Waals surface area contributed by atoms with Crippen LogP contribution in [-0.2, 0) is 99.1 Å². The molecule has 0 unspecified atom stereocenters. The van der Waals surface area contributed by atoms with E-state index in [9.17, 15) is 107 Å². The monoisotopic (exact) mass is 1850 g/mol. The lowest BCUT2D eigenvalue weighted by Gasteiger charge is -2.28. The summed E-state index contributed by atoms with van der Waals surface area (Å²) < 4.78 is 0. The average Bonchev–Trinajstić information content (AvgIpc) is 0.848. The SMILES string of the molecule is CSCC[C@H](NC(=O)[C@H](CCC(N)=O)NC(=O)[C@H](CCCNC(=N)N)NC(=O)[C@H](CC(C)C)NC(=O)[C@H](C)NC(=O)[C@H](CCCNC(=N)N)NC(=O)[C@H](CC(C)C)NC(=O)[C@H](CO)NC(=O)[C@H](CO)NC(=O)[C@H](CCC(N)=O)NC(=O)[C@H](CC(C)C)NC(=O)[C@H](Cc1ccccc1)NC(=O)[C@H](CCC(=O)O)NC(=O)[C@H](CCCCN)NC(=O)[C@@H](N)Cc1ccccc1)C(=O)O. The number of carbonyl (C=O) groups excluding carboxylic acids is 16. The molecule has 0 saturated carbocycles. The number of unbranched alkanes of at least 4 members (excludes halogenated alkanes) is 1. The van der Waals surface area contributed by atoms with Crippen molar-refractivity contribution in [3.63, 3.8) is 0 Å². The van der Waals surface area contributed by atoms with E-state index in [0.717, 1.165) is 5.56 Å². The predicted molar refractivity (Wildman–Crippen MR) is 479 cm³/mol. The van der Waals surface area contributed by atoms with Gasteiger partial charge in [0.1, 0.15) is 84.6 Å². The van der Waals surface area contributed by atoms with Gasteiger partial charge in [-0.25, -0.2) is 4.79 Å². The average molecular weight is 1850 g/mol. The first kappa shape index (κ1) is 114. The molecule has 0 heterocycles. The van der Waals surface area contributed by atoms with E-state index in [4.69, 9.17) is 45.2 Å². The summed E-state index contributed by atoms with van der Waals surface area (Å²) in [5, 5.41) is 95.9. The van der Waals surface area contributed by atoms with Crippen LogP contribution in [0.25, 0.3) is 0 Å². The van der Waals surface area contributed by atoms with Gasteiger partial charge in [0.05, 0.1) is 19.3 Å². The molecule has 0 radical (unpaired) electrons. The topological polar surface area (TPSA) is 784 Å². The Morgan fingerprint density at radius 2 is 0.638 bits per heavy atom. The van der Waals surface area contributed by atoms with Gasteiger partial charge in [-0.3, -0.25) is 92.3 Å². The fourth-order valence-electron chi connectivity index (χ4n) is 13.0. The minimum atomic E-state index is -2.01. The van der Waals surface area contributed by atoms with Crippen LogP contribution in [0.5, 0.6) is 0 Å². The molecule has 726 valence electrons. The number of hydrogen-bond donors (Lipinski definition) is 28. The molecule has 46 nitrogen and oxygen atoms in total. The van der Waals surface area contributed by atoms with Crippen LogP contribution in [0, 0.1) is 28.6 Å². The number of nitrogens with one attached hydrogen (secondary N) is 18. The molecule has 0 bridgehead atoms. The second-order valence-electron chi connectivity index (χ2n) is 32.6. The number of primary amides is 2. The molecule has 0 aliphatic carbocycles. The molecule has 16 amide bonds. The standard InChI is InChI=1S/C83H136N24O22S/c1-44(2)37-58(75(122)97-53(25-18-35-93-83(90)91)71(118)98-54(26-29-64(86)110)72(119)101-57(81(128)129)32-36-130-8)102-67(114)47(7)94-69(116)52(24-17-34-92-82(88)89)96-76(123)60(39-46(5)6)104-79(126)62(42-108)107-80(127)63(43-109)106-74(121)55(27-30-65(87)111)100-77(124)59(38-45(3)4)103-78(125)61(41-49-21-13-10-14-22-49)105-73(120)56(28-31-66(112)113)99-70(117)51(23-15-16-33-84)95-68(115)50(85)40-48-19-11-9-12-20-48/h9-14,19-22,44-47,50-63,108-109H,15-18,23-43,84-85H2,1-8H3,(H2,86,110)(H2,87,111)(H,94,116)(H,95,115)(H,96,123)(H,97,122)(H,98,118)(H,99,117)(H,100,124)(H,101,119)(H,102,114)(H,103,125)(H,104,126)(H,105,120)(H,106,121)(H,107,127)(H,112,113)(H,128,129)(H4,88,89,92)(H4,90,91,93)/t47-,50-,51-,52-,53-,54-,55-,56-,57-,58-,59-,60-,61-,62-,63-/m0/s1. The summed E-state index contributed by atoms with van der Waals surface area (Å²) >= 11 is 1.31. The fourth-order valence-corrected chi connectivity index (χ4v) is 13.4. The largest absolute Gasteiger partial charge is 0.481 e. The zero-order chi connectivity index (χ0) is 97.9. The molecule has 0 fully saturated rings. The van der Waals surface area contributed by atoms with Crippen molar-refractivity contribution in [3.8, 4) is 0 Å². The van der Waals surface area contributed by atoms with Crippen LogP contribution in [0.1, 0.15) is 169 Å². The van der Waals surface area contributed by atoms with Gasteiger partial charge in [-0.05, 0) is 151 Å². The molecule has 2 rings (SSSR count). The van der Waals surface area contributed by atoms with Crippen molar-refractivity contribution in [3.05, 3.63) is 71.8 Å². The number of guanidine groups is 2. The maximum atomic E-state index is 14.7. The lowest BCUT2D eigenvalue weighted by Crippen LogP contribution is -2.62. The number of carbonyl (C=O) groups is 18. The zero-order valence-electron chi connectivity index (χ0n) is 74.9. The molecular weight excluding hydrogens is 1720 g/mol. The van der Waals surface area contributed by atoms with Crippen LogP contribution in [0.15, 0.2) is 60.7 Å². The maximum absolute atomic E-state index is 14.7. The number of nitrogens with two attached hydrogens (primary N) is 6. The van der Waals surface area contributed by atoms with Gasteiger partial charge in [0, 0.05) is 38.8 Å². The summed E-state index contributed by atoms with van der Waals surface area (Å²) in [4.78, 5) is 247. The number of benzene rings is 2. The van der Waals surface area contributed by atoms with Crippen LogP contribution in [0.4, 0.5) is 0 Å². The Bertz CT molecular complexity index is 4080. The summed E-state index contributed by atoms with van der Waals surface area (Å²) in [6, 6.07) is -6.51. The first-order valence-corrected chi connectivity index (χ1v) is 44.4. The van der Waals surface area contributed by atoms with E-state index in [1.54, 1.807) is 108 Å². The van der Waals surface area contributed by atoms with Crippen LogP contribution in [0.2, 0.25) is 0 Å². The Labute approximate surface area is 759 Å². The first-order chi connectivity index (χ1) is 61.3. The number of amides is 16. The number of hydrogen-bond acceptors (Lipinski definition) is 25. The molecule has 0 aliphatic rings. The van der Waals surface area contributed by atoms with E-state index in [1.165, 1.54) is 18.7 Å². The predicted octanol–water partition coefficient (Wildman–Crippen LogP) is -6.38. The van der Waals surface area contributed by atoms with E-state index in [-0.39, 0.29) is 103 Å². The maximum Gasteiger partial charge on any atom is 0.326 e. The number of aliphatic carboxylic acids is 2. The fraction of sp³-hybridized carbons (Fsp3) is 0.614. The molecular formula is C83H136N24O22S. The highest BCUT2D eigenvalue weighted by Crippen LogP contribution is 2.16. The molecule has 2 aromatic carbocycles. The second-order valence-corrected chi connectivity index (χ2v) is 33.6. The Hall–Kier alpha value is -12.4. The van der Waals surface area contributed by atoms with E-state index in [2.05, 4.69) is 85.1 Å². The van der Waals surface area contributed by atoms with Crippen molar-refractivity contribution in [2.75, 3.05) is 44.9 Å². The first-order valence-electron chi connectivity index (χ1n) is 43.0. The van der Waals surface area contributed by atoms with Crippen LogP contribution < -0.4 is 119 Å². The Balaban J connectivity index is 2.49. The third kappa shape index (κ3) is 46.1. The highest BCUT2D eigenvalue weighted by Gasteiger charge is 2.39. The van der Waals surface area contributed by atoms with Crippen molar-refractivity contribution in [2.45, 2.75) is 261 Å². The van der Waals surface area contributed by atoms with Gasteiger partial charge in [0.25, 0.3) is 0 Å². The summed E-state index contributed by atoms with van der Waals surface area (Å²) in [5.74, 6) is -20.6. The molecule has 34 N–H and O–H groups in total. The number of carboxylic acids is 2. The number of aliphatic hydroxyl groups is 2. The minimum Gasteiger partial charge on any atom is -0.481 e. The van der Waals surface area contributed by atoms with Crippen LogP contribution in [-0.4, -0.2) is 274 Å². The normalized spacial score (nSPS) is 14.6. The van der Waals surface area contributed by atoms with Crippen molar-refractivity contribution < 1.29 is 107 Å². The Morgan fingerprint density at radius 1 is 0.346 bits per heavy atom. The van der Waals surface area contributed by atoms with Crippen molar-refractivity contribution in [2.24, 2.45) is 52.2 Å². The van der Waals surface area contributed by atoms with E-state index < -0.39 is 266 Å². The quantitative estimate of drug-likeness (QED) is 0.0166. The molecule has 0 spiro atoms. The lowest BCUT2D eigenvalue weighted by atomic mass is 9.99. The van der Waals surface area contributed by atoms with Crippen molar-refractivity contribution >= 4 is 130 Å². The Kier molecular flexibility index (Phi) is 53.5. The van der Waals surface area contributed by atoms with Gasteiger partial charge < -0.3 is 140 Å². The second kappa shape index (κ2) is 61.2. The molecule has 15 atom stereocenters. The molecule has 47 heteroatoms. The zero-order valence-corrected chi connectivity index (χ0v) is 75.7. The number of carboxylic acid groups (broad SMARTS) is 2. The van der Waals surface area contributed by atoms with Crippen molar-refractivity contribution in [1.82, 2.24) is 85.1 Å². The molecule has 2 aromatic rings. The van der Waals surface area contributed by atoms with Gasteiger partial charge in [-0.2, -0.15) is 11.8 Å². The summed E-state index contributed by atoms with van der Waals surface area (Å²) in [6.07, 6.45) is -1.55. The molecule has 130 heavy (non-hydrogen) atoms. The van der Waals surface area contributed by atoms with Gasteiger partial charge >= 0.3 is 11.9 Å². The number of thioether (sulfide) groups is 1. The molecule has 0 aromatic heterocycles. The van der Waals surface area contributed by atoms with E-state index in [1.807, 2.05) is 0 Å². The van der Waals surface area contributed by atoms with Gasteiger partial charge in [-0.15, -0.1) is 0 Å².